The molecule has 3 rings (SSSR count). The van der Waals surface area contributed by atoms with Crippen LogP contribution in [0.1, 0.15) is 37.7 Å². The minimum atomic E-state index is -0.492. The number of aromatic hydroxyl groups is 1. The zero-order chi connectivity index (χ0) is 22.9. The number of benzene rings is 1. The molecule has 1 aliphatic heterocycles. The van der Waals surface area contributed by atoms with Crippen molar-refractivity contribution in [2.75, 3.05) is 19.8 Å². The van der Waals surface area contributed by atoms with Gasteiger partial charge in [-0.15, -0.1) is 0 Å². The molecular weight excluding hydrogens is 404 g/mol. The van der Waals surface area contributed by atoms with Gasteiger partial charge in [0.05, 0.1) is 0 Å². The fourth-order valence-corrected chi connectivity index (χ4v) is 4.22. The fraction of sp³-hybridized carbons (Fsp3) is 0.462. The Bertz CT molecular complexity index is 836. The molecule has 2 aliphatic rings. The number of phenolic OH excluding ortho intramolecular Hbond substituents is 1. The van der Waals surface area contributed by atoms with Crippen LogP contribution in [0.5, 0.6) is 5.75 Å². The zero-order valence-electron chi connectivity index (χ0n) is 18.7. The summed E-state index contributed by atoms with van der Waals surface area (Å²) in [7, 11) is 0. The Kier molecular flexibility index (Phi) is 8.68. The monoisotopic (exact) mass is 438 g/mol. The van der Waals surface area contributed by atoms with Crippen molar-refractivity contribution in [3.05, 3.63) is 66.8 Å². The Hall–Kier alpha value is -2.86. The summed E-state index contributed by atoms with van der Waals surface area (Å²) >= 11 is 0. The number of amides is 2. The van der Waals surface area contributed by atoms with Gasteiger partial charge in [0.25, 0.3) is 0 Å². The van der Waals surface area contributed by atoms with Crippen molar-refractivity contribution in [2.24, 2.45) is 5.92 Å². The van der Waals surface area contributed by atoms with Crippen LogP contribution in [-0.2, 0) is 20.7 Å². The molecule has 1 heterocycles. The maximum atomic E-state index is 13.4. The van der Waals surface area contributed by atoms with Gasteiger partial charge < -0.3 is 20.1 Å². The number of allylic oxidation sites excluding steroid dienone is 2. The van der Waals surface area contributed by atoms with E-state index in [0.717, 1.165) is 36.8 Å². The molecular formula is C26H34N2O4. The zero-order valence-corrected chi connectivity index (χ0v) is 18.7. The molecule has 2 N–H and O–H groups in total. The highest BCUT2D eigenvalue weighted by molar-refractivity contribution is 5.88. The average molecular weight is 439 g/mol. The van der Waals surface area contributed by atoms with Crippen LogP contribution in [0.15, 0.2) is 61.2 Å². The summed E-state index contributed by atoms with van der Waals surface area (Å²) in [6.07, 6.45) is 9.51. The van der Waals surface area contributed by atoms with E-state index in [1.165, 1.54) is 0 Å². The van der Waals surface area contributed by atoms with Gasteiger partial charge in [0.1, 0.15) is 11.8 Å². The van der Waals surface area contributed by atoms with E-state index in [9.17, 15) is 14.7 Å². The summed E-state index contributed by atoms with van der Waals surface area (Å²) in [6.45, 7) is 9.07. The highest BCUT2D eigenvalue weighted by Gasteiger charge is 2.44. The normalized spacial score (nSPS) is 17.9. The smallest absolute Gasteiger partial charge is 0.243 e. The van der Waals surface area contributed by atoms with E-state index >= 15 is 0 Å². The molecule has 1 saturated carbocycles. The first-order chi connectivity index (χ1) is 15.5. The van der Waals surface area contributed by atoms with Gasteiger partial charge in [-0.3, -0.25) is 9.59 Å². The second-order valence-corrected chi connectivity index (χ2v) is 8.49. The predicted octanol–water partition coefficient (Wildman–Crippen LogP) is 3.53. The van der Waals surface area contributed by atoms with Crippen LogP contribution in [0.25, 0.3) is 0 Å². The van der Waals surface area contributed by atoms with Crippen LogP contribution in [0.2, 0.25) is 0 Å². The number of ether oxygens (including phenoxy) is 1. The van der Waals surface area contributed by atoms with Crippen LogP contribution >= 0.6 is 0 Å². The Morgan fingerprint density at radius 3 is 2.44 bits per heavy atom. The van der Waals surface area contributed by atoms with Crippen molar-refractivity contribution in [3.8, 4) is 5.75 Å². The molecule has 2 amide bonds. The Balaban J connectivity index is 1.74. The Labute approximate surface area is 190 Å². The van der Waals surface area contributed by atoms with Crippen molar-refractivity contribution in [1.29, 1.82) is 0 Å². The van der Waals surface area contributed by atoms with Gasteiger partial charge in [0.15, 0.2) is 0 Å². The van der Waals surface area contributed by atoms with Crippen LogP contribution in [0.3, 0.4) is 0 Å². The Morgan fingerprint density at radius 1 is 1.16 bits per heavy atom. The molecule has 172 valence electrons. The number of phenols is 1. The van der Waals surface area contributed by atoms with E-state index in [1.807, 2.05) is 23.1 Å². The van der Waals surface area contributed by atoms with Gasteiger partial charge in [-0.2, -0.15) is 0 Å². The van der Waals surface area contributed by atoms with Gasteiger partial charge in [0.2, 0.25) is 11.8 Å². The van der Waals surface area contributed by atoms with Crippen molar-refractivity contribution < 1.29 is 19.4 Å². The summed E-state index contributed by atoms with van der Waals surface area (Å²) in [4.78, 5) is 28.6. The quantitative estimate of drug-likeness (QED) is 0.518. The van der Waals surface area contributed by atoms with Crippen molar-refractivity contribution in [3.63, 3.8) is 0 Å². The van der Waals surface area contributed by atoms with Gasteiger partial charge in [-0.25, -0.2) is 0 Å². The number of nitrogens with zero attached hydrogens (tertiary/aromatic N) is 1. The average Bonchev–Trinajstić information content (AvgIpc) is 3.65. The van der Waals surface area contributed by atoms with E-state index in [-0.39, 0.29) is 29.5 Å². The van der Waals surface area contributed by atoms with E-state index in [0.29, 0.717) is 32.6 Å². The van der Waals surface area contributed by atoms with Gasteiger partial charge >= 0.3 is 0 Å². The lowest BCUT2D eigenvalue weighted by molar-refractivity contribution is -0.144. The summed E-state index contributed by atoms with van der Waals surface area (Å²) in [5, 5.41) is 12.5. The first-order valence-electron chi connectivity index (χ1n) is 11.4. The number of hydrogen-bond acceptors (Lipinski definition) is 4. The van der Waals surface area contributed by atoms with Crippen LogP contribution < -0.4 is 5.32 Å². The molecule has 0 spiro atoms. The molecule has 2 fully saturated rings. The third-order valence-corrected chi connectivity index (χ3v) is 6.13. The van der Waals surface area contributed by atoms with Crippen molar-refractivity contribution in [2.45, 2.75) is 50.6 Å². The van der Waals surface area contributed by atoms with Gasteiger partial charge in [-0.1, -0.05) is 43.5 Å². The van der Waals surface area contributed by atoms with E-state index in [2.05, 4.69) is 18.5 Å². The summed E-state index contributed by atoms with van der Waals surface area (Å²) in [5.41, 5.74) is 1.86. The number of nitrogens with one attached hydrogen (secondary N) is 1. The molecule has 1 aliphatic carbocycles. The first kappa shape index (κ1) is 23.8. The molecule has 6 nitrogen and oxygen atoms in total. The molecule has 0 bridgehead atoms. The number of aryl methyl sites for hydroxylation is 1. The second kappa shape index (κ2) is 11.7. The lowest BCUT2D eigenvalue weighted by Crippen LogP contribution is -2.55. The molecule has 1 saturated heterocycles. The third-order valence-electron chi connectivity index (χ3n) is 6.13. The molecule has 0 aromatic heterocycles. The molecule has 0 radical (unpaired) electrons. The van der Waals surface area contributed by atoms with Crippen molar-refractivity contribution >= 4 is 11.8 Å². The first-order valence-corrected chi connectivity index (χ1v) is 11.4. The van der Waals surface area contributed by atoms with Crippen LogP contribution in [-0.4, -0.2) is 53.7 Å². The Morgan fingerprint density at radius 2 is 1.84 bits per heavy atom. The van der Waals surface area contributed by atoms with Crippen molar-refractivity contribution in [1.82, 2.24) is 10.2 Å². The number of carbonyl (C=O) groups is 2. The summed E-state index contributed by atoms with van der Waals surface area (Å²) < 4.78 is 5.52. The lowest BCUT2D eigenvalue weighted by atomic mass is 9.89. The summed E-state index contributed by atoms with van der Waals surface area (Å²) in [5.74, 6) is 0.189. The minimum absolute atomic E-state index is 0.0118. The maximum absolute atomic E-state index is 13.4. The van der Waals surface area contributed by atoms with Gasteiger partial charge in [0, 0.05) is 32.2 Å². The molecule has 6 heteroatoms. The van der Waals surface area contributed by atoms with Crippen LogP contribution in [0.4, 0.5) is 0 Å². The SMILES string of the molecule is C=C/C=C(\C=C)CNC(=O)C(C1CCOCC1)N(C(=O)CCc1ccc(O)cc1)C1CC1. The third kappa shape index (κ3) is 6.57. The van der Waals surface area contributed by atoms with E-state index in [1.54, 1.807) is 24.3 Å². The number of carbonyl (C=O) groups excluding carboxylic acids is 2. The lowest BCUT2D eigenvalue weighted by Gasteiger charge is -2.38. The van der Waals surface area contributed by atoms with Gasteiger partial charge in [-0.05, 0) is 61.3 Å². The molecule has 32 heavy (non-hydrogen) atoms. The highest BCUT2D eigenvalue weighted by Crippen LogP contribution is 2.34. The molecule has 1 aromatic carbocycles. The topological polar surface area (TPSA) is 78.9 Å². The molecule has 1 aromatic rings. The largest absolute Gasteiger partial charge is 0.508 e. The molecule has 1 atom stereocenters. The second-order valence-electron chi connectivity index (χ2n) is 8.49. The number of rotatable bonds is 11. The predicted molar refractivity (Wildman–Crippen MR) is 125 cm³/mol. The maximum Gasteiger partial charge on any atom is 0.243 e. The standard InChI is InChI=1S/C26H34N2O4/c1-3-5-19(4-2)18-27-26(31)25(21-14-16-32-17-15-21)28(22-9-10-22)24(30)13-8-20-6-11-23(29)12-7-20/h3-7,11-12,21-22,25,29H,1-2,8-10,13-18H2,(H,27,31)/b19-5+. The highest BCUT2D eigenvalue weighted by atomic mass is 16.5. The summed E-state index contributed by atoms with van der Waals surface area (Å²) in [6, 6.07) is 6.55. The minimum Gasteiger partial charge on any atom is -0.508 e. The fourth-order valence-electron chi connectivity index (χ4n) is 4.22. The van der Waals surface area contributed by atoms with Crippen LogP contribution in [0, 0.1) is 5.92 Å². The number of hydrogen-bond donors (Lipinski definition) is 2. The van der Waals surface area contributed by atoms with E-state index in [4.69, 9.17) is 4.74 Å². The molecule has 1 unspecified atom stereocenters. The van der Waals surface area contributed by atoms with E-state index < -0.39 is 6.04 Å².